The molecule has 0 unspecified atom stereocenters. The summed E-state index contributed by atoms with van der Waals surface area (Å²) in [5.74, 6) is 0.568. The lowest BCUT2D eigenvalue weighted by atomic mass is 9.98. The molecular weight excluding hydrogens is 524 g/mol. The van der Waals surface area contributed by atoms with Crippen LogP contribution < -0.4 is 19.8 Å². The van der Waals surface area contributed by atoms with E-state index in [1.54, 1.807) is 49.0 Å². The molecule has 6 rings (SSSR count). The maximum absolute atomic E-state index is 13.8. The van der Waals surface area contributed by atoms with E-state index in [0.29, 0.717) is 44.8 Å². The molecule has 0 saturated carbocycles. The van der Waals surface area contributed by atoms with Crippen LogP contribution in [0.1, 0.15) is 38.9 Å². The van der Waals surface area contributed by atoms with Gasteiger partial charge in [0.25, 0.3) is 5.91 Å². The number of amides is 1. The lowest BCUT2D eigenvalue weighted by Gasteiger charge is -2.23. The number of rotatable bonds is 6. The van der Waals surface area contributed by atoms with Crippen molar-refractivity contribution in [1.82, 2.24) is 4.98 Å². The first-order valence-corrected chi connectivity index (χ1v) is 13.1. The Hall–Kier alpha value is -4.14. The molecular formula is C29H21ClN2O5S. The molecule has 0 bridgehead atoms. The number of halogens is 1. The molecule has 0 aliphatic carbocycles. The Balaban J connectivity index is 1.46. The zero-order chi connectivity index (χ0) is 26.4. The monoisotopic (exact) mass is 544 g/mol. The summed E-state index contributed by atoms with van der Waals surface area (Å²) >= 11 is 7.47. The highest BCUT2D eigenvalue weighted by atomic mass is 35.5. The zero-order valence-corrected chi connectivity index (χ0v) is 22.0. The Morgan fingerprint density at radius 2 is 1.87 bits per heavy atom. The Kier molecular flexibility index (Phi) is 6.13. The average molecular weight is 545 g/mol. The van der Waals surface area contributed by atoms with E-state index in [2.05, 4.69) is 4.98 Å². The van der Waals surface area contributed by atoms with Gasteiger partial charge in [-0.15, -0.1) is 11.3 Å². The first-order valence-electron chi connectivity index (χ1n) is 11.8. The van der Waals surface area contributed by atoms with Crippen molar-refractivity contribution >= 4 is 44.9 Å². The van der Waals surface area contributed by atoms with Gasteiger partial charge in [0.2, 0.25) is 5.76 Å². The number of fused-ring (bicyclic) bond motifs is 2. The van der Waals surface area contributed by atoms with Gasteiger partial charge < -0.3 is 13.9 Å². The molecule has 0 fully saturated rings. The predicted molar refractivity (Wildman–Crippen MR) is 147 cm³/mol. The number of aromatic nitrogens is 1. The Bertz CT molecular complexity index is 1730. The van der Waals surface area contributed by atoms with Gasteiger partial charge in [-0.3, -0.25) is 14.5 Å². The summed E-state index contributed by atoms with van der Waals surface area (Å²) in [5.41, 5.74) is 3.06. The summed E-state index contributed by atoms with van der Waals surface area (Å²) in [6.45, 7) is 2.40. The maximum Gasteiger partial charge on any atom is 0.297 e. The third-order valence-electron chi connectivity index (χ3n) is 6.48. The van der Waals surface area contributed by atoms with Gasteiger partial charge in [-0.25, -0.2) is 4.98 Å². The van der Waals surface area contributed by atoms with Crippen LogP contribution in [0.5, 0.6) is 11.5 Å². The standard InChI is InChI=1S/C29H21ClN2O5S/c1-16-3-5-17(6-4-16)15-36-22-9-7-18(13-23(22)35-2)25-24-26(33)20-14-19(30)8-10-21(20)37-27(24)28(34)32(25)29-31-11-12-38-29/h3-14,25H,15H2,1-2H3/t25-/m0/s1. The minimum Gasteiger partial charge on any atom is -0.493 e. The fourth-order valence-electron chi connectivity index (χ4n) is 4.61. The van der Waals surface area contributed by atoms with Crippen molar-refractivity contribution in [2.75, 3.05) is 12.0 Å². The average Bonchev–Trinajstić information content (AvgIpc) is 3.55. The molecule has 3 heterocycles. The lowest BCUT2D eigenvalue weighted by Crippen LogP contribution is -2.29. The van der Waals surface area contributed by atoms with Crippen LogP contribution >= 0.6 is 22.9 Å². The highest BCUT2D eigenvalue weighted by Crippen LogP contribution is 2.44. The normalized spacial score (nSPS) is 14.7. The molecule has 0 radical (unpaired) electrons. The first kappa shape index (κ1) is 24.2. The quantitative estimate of drug-likeness (QED) is 0.241. The Labute approximate surface area is 226 Å². The van der Waals surface area contributed by atoms with Crippen LogP contribution in [0.15, 0.2) is 81.5 Å². The number of anilines is 1. The smallest absolute Gasteiger partial charge is 0.297 e. The van der Waals surface area contributed by atoms with Gasteiger partial charge in [-0.2, -0.15) is 0 Å². The number of nitrogens with zero attached hydrogens (tertiary/aromatic N) is 2. The first-order chi connectivity index (χ1) is 18.4. The van der Waals surface area contributed by atoms with Crippen molar-refractivity contribution < 1.29 is 18.7 Å². The topological polar surface area (TPSA) is 81.9 Å². The molecule has 1 aliphatic rings. The van der Waals surface area contributed by atoms with Crippen LogP contribution in [0.2, 0.25) is 5.02 Å². The molecule has 1 amide bonds. The van der Waals surface area contributed by atoms with E-state index in [1.807, 2.05) is 37.3 Å². The number of carbonyl (C=O) groups excluding carboxylic acids is 1. The fourth-order valence-corrected chi connectivity index (χ4v) is 5.45. The lowest BCUT2D eigenvalue weighted by molar-refractivity contribution is 0.0971. The van der Waals surface area contributed by atoms with E-state index in [-0.39, 0.29) is 16.8 Å². The van der Waals surface area contributed by atoms with E-state index in [0.717, 1.165) is 5.56 Å². The second-order valence-electron chi connectivity index (χ2n) is 8.89. The second kappa shape index (κ2) is 9.63. The van der Waals surface area contributed by atoms with Gasteiger partial charge in [0.05, 0.1) is 24.1 Å². The van der Waals surface area contributed by atoms with Gasteiger partial charge in [-0.05, 0) is 48.4 Å². The summed E-state index contributed by atoms with van der Waals surface area (Å²) in [4.78, 5) is 33.2. The van der Waals surface area contributed by atoms with Crippen LogP contribution in [0.3, 0.4) is 0 Å². The number of hydrogen-bond donors (Lipinski definition) is 0. The summed E-state index contributed by atoms with van der Waals surface area (Å²) in [6.07, 6.45) is 1.61. The largest absolute Gasteiger partial charge is 0.493 e. The molecule has 1 aliphatic heterocycles. The molecule has 0 spiro atoms. The van der Waals surface area contributed by atoms with Crippen molar-refractivity contribution in [3.63, 3.8) is 0 Å². The van der Waals surface area contributed by atoms with E-state index >= 15 is 0 Å². The van der Waals surface area contributed by atoms with Gasteiger partial charge in [-0.1, -0.05) is 47.5 Å². The minimum atomic E-state index is -0.775. The van der Waals surface area contributed by atoms with E-state index in [9.17, 15) is 9.59 Å². The number of aryl methyl sites for hydroxylation is 1. The zero-order valence-electron chi connectivity index (χ0n) is 20.4. The van der Waals surface area contributed by atoms with E-state index < -0.39 is 11.9 Å². The number of ether oxygens (including phenoxy) is 2. The number of hydrogen-bond acceptors (Lipinski definition) is 7. The Morgan fingerprint density at radius 1 is 1.05 bits per heavy atom. The summed E-state index contributed by atoms with van der Waals surface area (Å²) < 4.78 is 17.7. The van der Waals surface area contributed by atoms with Crippen molar-refractivity contribution in [3.8, 4) is 11.5 Å². The van der Waals surface area contributed by atoms with Gasteiger partial charge >= 0.3 is 0 Å². The summed E-state index contributed by atoms with van der Waals surface area (Å²) in [7, 11) is 1.55. The van der Waals surface area contributed by atoms with Gasteiger partial charge in [0.15, 0.2) is 22.1 Å². The van der Waals surface area contributed by atoms with Crippen LogP contribution in [0, 0.1) is 6.92 Å². The molecule has 2 aromatic heterocycles. The second-order valence-corrected chi connectivity index (χ2v) is 10.2. The van der Waals surface area contributed by atoms with Crippen molar-refractivity contribution in [2.24, 2.45) is 0 Å². The van der Waals surface area contributed by atoms with Crippen LogP contribution in [-0.2, 0) is 6.61 Å². The van der Waals surface area contributed by atoms with Crippen molar-refractivity contribution in [1.29, 1.82) is 0 Å². The minimum absolute atomic E-state index is 0.0105. The highest BCUT2D eigenvalue weighted by Gasteiger charge is 2.45. The van der Waals surface area contributed by atoms with Crippen LogP contribution in [0.25, 0.3) is 11.0 Å². The summed E-state index contributed by atoms with van der Waals surface area (Å²) in [6, 6.07) is 17.5. The molecule has 3 aromatic carbocycles. The van der Waals surface area contributed by atoms with Crippen molar-refractivity contribution in [2.45, 2.75) is 19.6 Å². The van der Waals surface area contributed by atoms with Crippen LogP contribution in [0.4, 0.5) is 5.13 Å². The fraction of sp³-hybridized carbons (Fsp3) is 0.138. The maximum atomic E-state index is 13.8. The molecule has 38 heavy (non-hydrogen) atoms. The highest BCUT2D eigenvalue weighted by molar-refractivity contribution is 7.13. The molecule has 190 valence electrons. The number of thiazole rings is 1. The molecule has 0 saturated heterocycles. The predicted octanol–water partition coefficient (Wildman–Crippen LogP) is 6.55. The van der Waals surface area contributed by atoms with E-state index in [1.165, 1.54) is 21.8 Å². The molecule has 9 heteroatoms. The van der Waals surface area contributed by atoms with Gasteiger partial charge in [0, 0.05) is 16.6 Å². The van der Waals surface area contributed by atoms with Gasteiger partial charge in [0.1, 0.15) is 12.2 Å². The molecule has 1 atom stereocenters. The van der Waals surface area contributed by atoms with Crippen LogP contribution in [-0.4, -0.2) is 18.0 Å². The Morgan fingerprint density at radius 3 is 2.61 bits per heavy atom. The summed E-state index contributed by atoms with van der Waals surface area (Å²) in [5, 5.41) is 2.93. The third-order valence-corrected chi connectivity index (χ3v) is 7.48. The molecule has 0 N–H and O–H groups in total. The number of benzene rings is 3. The SMILES string of the molecule is COc1cc([C@H]2c3c(oc4ccc(Cl)cc4c3=O)C(=O)N2c2nccs2)ccc1OCc1ccc(C)cc1. The number of carbonyl (C=O) groups is 1. The molecule has 7 nitrogen and oxygen atoms in total. The van der Waals surface area contributed by atoms with E-state index in [4.69, 9.17) is 25.5 Å². The number of methoxy groups -OCH3 is 1. The van der Waals surface area contributed by atoms with Crippen molar-refractivity contribution in [3.05, 3.63) is 116 Å². The molecule has 5 aromatic rings. The third kappa shape index (κ3) is 4.12.